The van der Waals surface area contributed by atoms with Crippen molar-refractivity contribution in [2.24, 2.45) is 0 Å². The third kappa shape index (κ3) is 1.96. The van der Waals surface area contributed by atoms with E-state index in [1.807, 2.05) is 38.1 Å². The van der Waals surface area contributed by atoms with Crippen LogP contribution >= 0.6 is 11.6 Å². The molecule has 0 saturated heterocycles. The van der Waals surface area contributed by atoms with Crippen molar-refractivity contribution in [2.45, 2.75) is 25.8 Å². The Labute approximate surface area is 120 Å². The first kappa shape index (κ1) is 13.1. The van der Waals surface area contributed by atoms with Gasteiger partial charge in [0.15, 0.2) is 5.58 Å². The molecule has 0 aliphatic rings. The van der Waals surface area contributed by atoms with Gasteiger partial charge in [-0.1, -0.05) is 6.07 Å². The normalized spacial score (nSPS) is 12.9. The third-order valence-corrected chi connectivity index (χ3v) is 3.96. The summed E-state index contributed by atoms with van der Waals surface area (Å²) in [4.78, 5) is 11.7. The maximum absolute atomic E-state index is 11.7. The molecule has 0 N–H and O–H groups in total. The number of aryl methyl sites for hydroxylation is 2. The molecule has 0 aliphatic heterocycles. The van der Waals surface area contributed by atoms with Crippen LogP contribution in [0.25, 0.3) is 11.1 Å². The van der Waals surface area contributed by atoms with Crippen LogP contribution in [0.5, 0.6) is 0 Å². The van der Waals surface area contributed by atoms with E-state index in [-0.39, 0.29) is 11.1 Å². The highest BCUT2D eigenvalue weighted by molar-refractivity contribution is 6.22. The number of hydrogen-bond donors (Lipinski definition) is 0. The molecule has 0 radical (unpaired) electrons. The highest BCUT2D eigenvalue weighted by atomic mass is 35.5. The van der Waals surface area contributed by atoms with Gasteiger partial charge in [-0.2, -0.15) is 0 Å². The fourth-order valence-corrected chi connectivity index (χ4v) is 2.74. The lowest BCUT2D eigenvalue weighted by atomic mass is 10.0. The lowest BCUT2D eigenvalue weighted by molar-refractivity contribution is 0.513. The fourth-order valence-electron chi connectivity index (χ4n) is 2.38. The molecule has 0 bridgehead atoms. The van der Waals surface area contributed by atoms with Gasteiger partial charge in [0.1, 0.15) is 5.76 Å². The molecule has 0 aliphatic carbocycles. The maximum atomic E-state index is 11.7. The number of aromatic nitrogens is 1. The molecule has 3 aromatic rings. The van der Waals surface area contributed by atoms with Crippen molar-refractivity contribution in [3.8, 4) is 0 Å². The molecule has 104 valence electrons. The standard InChI is InChI=1S/C15H14ClNO3/c1-3-17-12-5-4-10(8-13(12)20-15(17)18)14(16)11-6-7-19-9(11)2/h4-8,14H,3H2,1-2H3. The number of fused-ring (bicyclic) bond motifs is 1. The zero-order valence-corrected chi connectivity index (χ0v) is 12.0. The monoisotopic (exact) mass is 291 g/mol. The van der Waals surface area contributed by atoms with Crippen LogP contribution in [-0.4, -0.2) is 4.57 Å². The quantitative estimate of drug-likeness (QED) is 0.689. The van der Waals surface area contributed by atoms with Gasteiger partial charge in [0, 0.05) is 12.1 Å². The van der Waals surface area contributed by atoms with Crippen LogP contribution < -0.4 is 5.76 Å². The molecule has 1 unspecified atom stereocenters. The van der Waals surface area contributed by atoms with Gasteiger partial charge < -0.3 is 8.83 Å². The molecule has 3 rings (SSSR count). The van der Waals surface area contributed by atoms with Crippen LogP contribution in [0.2, 0.25) is 0 Å². The smallest absolute Gasteiger partial charge is 0.419 e. The summed E-state index contributed by atoms with van der Waals surface area (Å²) < 4.78 is 12.1. The topological polar surface area (TPSA) is 48.3 Å². The van der Waals surface area contributed by atoms with E-state index in [4.69, 9.17) is 20.4 Å². The highest BCUT2D eigenvalue weighted by Crippen LogP contribution is 2.32. The zero-order valence-electron chi connectivity index (χ0n) is 11.2. The Morgan fingerprint density at radius 2 is 2.15 bits per heavy atom. The van der Waals surface area contributed by atoms with Gasteiger partial charge >= 0.3 is 5.76 Å². The van der Waals surface area contributed by atoms with Gasteiger partial charge in [-0.3, -0.25) is 4.57 Å². The number of furan rings is 1. The molecule has 20 heavy (non-hydrogen) atoms. The zero-order chi connectivity index (χ0) is 14.3. The van der Waals surface area contributed by atoms with Gasteiger partial charge in [-0.15, -0.1) is 11.6 Å². The molecule has 1 aromatic carbocycles. The van der Waals surface area contributed by atoms with Gasteiger partial charge in [-0.05, 0) is 37.6 Å². The highest BCUT2D eigenvalue weighted by Gasteiger charge is 2.17. The predicted octanol–water partition coefficient (Wildman–Crippen LogP) is 3.84. The van der Waals surface area contributed by atoms with Crippen molar-refractivity contribution in [1.29, 1.82) is 0 Å². The first-order chi connectivity index (χ1) is 9.61. The van der Waals surface area contributed by atoms with E-state index >= 15 is 0 Å². The Bertz CT molecular complexity index is 812. The number of hydrogen-bond acceptors (Lipinski definition) is 3. The molecular weight excluding hydrogens is 278 g/mol. The Morgan fingerprint density at radius 1 is 1.35 bits per heavy atom. The summed E-state index contributed by atoms with van der Waals surface area (Å²) in [5.74, 6) is 0.447. The van der Waals surface area contributed by atoms with Crippen LogP contribution in [0.3, 0.4) is 0 Å². The molecule has 5 heteroatoms. The average Bonchev–Trinajstić information content (AvgIpc) is 2.99. The molecule has 2 aromatic heterocycles. The molecular formula is C15H14ClNO3. The van der Waals surface area contributed by atoms with Crippen LogP contribution in [0.15, 0.2) is 44.2 Å². The lowest BCUT2D eigenvalue weighted by Crippen LogP contribution is -2.11. The van der Waals surface area contributed by atoms with Crippen LogP contribution in [-0.2, 0) is 6.54 Å². The number of rotatable bonds is 3. The Balaban J connectivity index is 2.10. The molecule has 1 atom stereocenters. The van der Waals surface area contributed by atoms with E-state index in [0.717, 1.165) is 22.4 Å². The molecule has 2 heterocycles. The third-order valence-electron chi connectivity index (χ3n) is 3.47. The summed E-state index contributed by atoms with van der Waals surface area (Å²) in [6, 6.07) is 7.44. The van der Waals surface area contributed by atoms with Crippen LogP contribution in [0, 0.1) is 6.92 Å². The average molecular weight is 292 g/mol. The lowest BCUT2D eigenvalue weighted by Gasteiger charge is -2.08. The van der Waals surface area contributed by atoms with Crippen molar-refractivity contribution in [3.63, 3.8) is 0 Å². The van der Waals surface area contributed by atoms with Crippen molar-refractivity contribution in [2.75, 3.05) is 0 Å². The fraction of sp³-hybridized carbons (Fsp3) is 0.267. The summed E-state index contributed by atoms with van der Waals surface area (Å²) in [5.41, 5.74) is 3.14. The van der Waals surface area contributed by atoms with Crippen LogP contribution in [0.1, 0.15) is 29.2 Å². The van der Waals surface area contributed by atoms with Crippen LogP contribution in [0.4, 0.5) is 0 Å². The van der Waals surface area contributed by atoms with Crippen molar-refractivity contribution >= 4 is 22.7 Å². The second-order valence-corrected chi connectivity index (χ2v) is 5.07. The second kappa shape index (κ2) is 4.87. The molecule has 0 amide bonds. The van der Waals surface area contributed by atoms with Crippen molar-refractivity contribution < 1.29 is 8.83 Å². The number of benzene rings is 1. The number of alkyl halides is 1. The Hall–Kier alpha value is -1.94. The first-order valence-corrected chi connectivity index (χ1v) is 6.86. The van der Waals surface area contributed by atoms with Crippen molar-refractivity contribution in [3.05, 3.63) is 58.0 Å². The minimum atomic E-state index is -0.342. The van der Waals surface area contributed by atoms with E-state index in [1.54, 1.807) is 10.8 Å². The van der Waals surface area contributed by atoms with Gasteiger partial charge in [0.05, 0.1) is 17.2 Å². The van der Waals surface area contributed by atoms with E-state index < -0.39 is 0 Å². The van der Waals surface area contributed by atoms with Gasteiger partial charge in [0.25, 0.3) is 0 Å². The number of nitrogens with zero attached hydrogens (tertiary/aromatic N) is 1. The summed E-state index contributed by atoms with van der Waals surface area (Å²) >= 11 is 6.47. The first-order valence-electron chi connectivity index (χ1n) is 6.43. The van der Waals surface area contributed by atoms with E-state index in [2.05, 4.69) is 0 Å². The molecule has 0 spiro atoms. The van der Waals surface area contributed by atoms with E-state index in [9.17, 15) is 4.79 Å². The predicted molar refractivity (Wildman–Crippen MR) is 77.3 cm³/mol. The summed E-state index contributed by atoms with van der Waals surface area (Å²) in [7, 11) is 0. The summed E-state index contributed by atoms with van der Waals surface area (Å²) in [5, 5.41) is -0.326. The maximum Gasteiger partial charge on any atom is 0.419 e. The van der Waals surface area contributed by atoms with Crippen molar-refractivity contribution in [1.82, 2.24) is 4.57 Å². The summed E-state index contributed by atoms with van der Waals surface area (Å²) in [6.45, 7) is 4.36. The van der Waals surface area contributed by atoms with E-state index in [1.165, 1.54) is 0 Å². The summed E-state index contributed by atoms with van der Waals surface area (Å²) in [6.07, 6.45) is 1.62. The Kier molecular flexibility index (Phi) is 3.18. The molecule has 0 fully saturated rings. The number of halogens is 1. The largest absolute Gasteiger partial charge is 0.469 e. The van der Waals surface area contributed by atoms with Gasteiger partial charge in [-0.25, -0.2) is 4.79 Å². The minimum absolute atomic E-state index is 0.326. The Morgan fingerprint density at radius 3 is 2.80 bits per heavy atom. The molecule has 4 nitrogen and oxygen atoms in total. The van der Waals surface area contributed by atoms with E-state index in [0.29, 0.717) is 12.1 Å². The van der Waals surface area contributed by atoms with Gasteiger partial charge in [0.2, 0.25) is 0 Å². The number of oxazole rings is 1. The second-order valence-electron chi connectivity index (χ2n) is 4.63. The minimum Gasteiger partial charge on any atom is -0.469 e. The molecule has 0 saturated carbocycles. The SMILES string of the molecule is CCn1c(=O)oc2cc(C(Cl)c3ccoc3C)ccc21.